The van der Waals surface area contributed by atoms with E-state index in [1.54, 1.807) is 12.4 Å². The maximum atomic E-state index is 12.3. The molecule has 7 nitrogen and oxygen atoms in total. The maximum absolute atomic E-state index is 12.3. The van der Waals surface area contributed by atoms with Crippen molar-refractivity contribution in [2.24, 2.45) is 0 Å². The molecule has 0 radical (unpaired) electrons. The van der Waals surface area contributed by atoms with Crippen LogP contribution in [0, 0.1) is 13.8 Å². The summed E-state index contributed by atoms with van der Waals surface area (Å²) in [5.74, 6) is 0.628. The van der Waals surface area contributed by atoms with Crippen LogP contribution in [-0.2, 0) is 6.54 Å². The summed E-state index contributed by atoms with van der Waals surface area (Å²) in [6, 6.07) is 5.80. The number of amides is 1. The van der Waals surface area contributed by atoms with E-state index in [-0.39, 0.29) is 5.91 Å². The van der Waals surface area contributed by atoms with Gasteiger partial charge in [-0.3, -0.25) is 4.79 Å². The lowest BCUT2D eigenvalue weighted by Gasteiger charge is -2.09. The summed E-state index contributed by atoms with van der Waals surface area (Å²) in [6.45, 7) is 4.51. The summed E-state index contributed by atoms with van der Waals surface area (Å²) in [5.41, 5.74) is 4.33. The summed E-state index contributed by atoms with van der Waals surface area (Å²) >= 11 is 7.89. The molecule has 1 fully saturated rings. The molecule has 1 saturated carbocycles. The number of fused-ring (bicyclic) bond motifs is 3. The van der Waals surface area contributed by atoms with Crippen LogP contribution in [0.2, 0.25) is 5.02 Å². The van der Waals surface area contributed by atoms with Crippen LogP contribution >= 0.6 is 22.9 Å². The molecule has 1 aromatic carbocycles. The van der Waals surface area contributed by atoms with Gasteiger partial charge in [-0.25, -0.2) is 9.97 Å². The molecule has 0 spiro atoms. The molecule has 1 amide bonds. The third-order valence-electron chi connectivity index (χ3n) is 5.31. The molecule has 0 saturated heterocycles. The summed E-state index contributed by atoms with van der Waals surface area (Å²) in [4.78, 5) is 22.0. The fourth-order valence-corrected chi connectivity index (χ4v) is 4.73. The zero-order valence-corrected chi connectivity index (χ0v) is 18.1. The number of thiophene rings is 1. The Labute approximate surface area is 181 Å². The summed E-state index contributed by atoms with van der Waals surface area (Å²) in [6.07, 6.45) is 3.65. The average Bonchev–Trinajstić information content (AvgIpc) is 3.46. The largest absolute Gasteiger partial charge is 0.365 e. The number of carbonyl (C=O) groups excluding carboxylic acids is 1. The number of aryl methyl sites for hydroxylation is 2. The number of hydrogen-bond acceptors (Lipinski definition) is 7. The Balaban J connectivity index is 1.40. The molecule has 1 aliphatic carbocycles. The van der Waals surface area contributed by atoms with E-state index in [1.807, 2.05) is 26.0 Å². The third kappa shape index (κ3) is 3.46. The quantitative estimate of drug-likeness (QED) is 0.479. The minimum atomic E-state index is -0.114. The van der Waals surface area contributed by atoms with Crippen molar-refractivity contribution in [3.05, 3.63) is 51.9 Å². The van der Waals surface area contributed by atoms with E-state index in [1.165, 1.54) is 11.3 Å². The molecular weight excluding hydrogens is 420 g/mol. The fourth-order valence-electron chi connectivity index (χ4n) is 3.34. The van der Waals surface area contributed by atoms with Crippen LogP contribution in [0.1, 0.15) is 40.0 Å². The first kappa shape index (κ1) is 19.1. The Bertz CT molecular complexity index is 1300. The molecule has 2 N–H and O–H groups in total. The average molecular weight is 439 g/mol. The number of anilines is 1. The van der Waals surface area contributed by atoms with Crippen LogP contribution in [0.5, 0.6) is 0 Å². The first-order chi connectivity index (χ1) is 14.5. The normalized spacial score (nSPS) is 13.7. The van der Waals surface area contributed by atoms with Crippen molar-refractivity contribution in [3.8, 4) is 0 Å². The maximum Gasteiger partial charge on any atom is 0.253 e. The van der Waals surface area contributed by atoms with Crippen molar-refractivity contribution in [3.63, 3.8) is 0 Å². The second-order valence-electron chi connectivity index (χ2n) is 7.51. The number of hydrogen-bond donors (Lipinski definition) is 2. The number of rotatable bonds is 5. The molecule has 1 aliphatic rings. The zero-order chi connectivity index (χ0) is 20.8. The van der Waals surface area contributed by atoms with Gasteiger partial charge in [-0.05, 0) is 49.9 Å². The minimum Gasteiger partial charge on any atom is -0.365 e. The Morgan fingerprint density at radius 1 is 1.23 bits per heavy atom. The van der Waals surface area contributed by atoms with E-state index < -0.39 is 0 Å². The number of carbonyl (C=O) groups is 1. The van der Waals surface area contributed by atoms with Gasteiger partial charge in [0, 0.05) is 18.0 Å². The molecule has 0 bridgehead atoms. The first-order valence-electron chi connectivity index (χ1n) is 9.71. The van der Waals surface area contributed by atoms with E-state index in [2.05, 4.69) is 30.8 Å². The molecule has 30 heavy (non-hydrogen) atoms. The SMILES string of the molecule is Cc1nnc2sc3c(NCc4ccc(C(=O)NC5CC5)c(Cl)c4)ncnc3c2c1C. The highest BCUT2D eigenvalue weighted by atomic mass is 35.5. The van der Waals surface area contributed by atoms with Gasteiger partial charge in [-0.2, -0.15) is 5.10 Å². The van der Waals surface area contributed by atoms with Crippen molar-refractivity contribution >= 4 is 55.1 Å². The summed E-state index contributed by atoms with van der Waals surface area (Å²) in [5, 5.41) is 16.4. The summed E-state index contributed by atoms with van der Waals surface area (Å²) in [7, 11) is 0. The van der Waals surface area contributed by atoms with Crippen molar-refractivity contribution < 1.29 is 4.79 Å². The van der Waals surface area contributed by atoms with Crippen molar-refractivity contribution in [1.82, 2.24) is 25.5 Å². The molecule has 152 valence electrons. The second kappa shape index (κ2) is 7.45. The van der Waals surface area contributed by atoms with Gasteiger partial charge in [0.25, 0.3) is 5.91 Å². The van der Waals surface area contributed by atoms with Gasteiger partial charge in [0.2, 0.25) is 0 Å². The highest BCUT2D eigenvalue weighted by molar-refractivity contribution is 7.25. The van der Waals surface area contributed by atoms with E-state index in [0.29, 0.717) is 23.2 Å². The third-order valence-corrected chi connectivity index (χ3v) is 6.70. The lowest BCUT2D eigenvalue weighted by Crippen LogP contribution is -2.25. The molecule has 4 aromatic rings. The van der Waals surface area contributed by atoms with Crippen molar-refractivity contribution in [2.45, 2.75) is 39.3 Å². The number of halogens is 1. The molecule has 3 aromatic heterocycles. The standard InChI is InChI=1S/C21H19ClN6OS/c1-10-11(2)27-28-21-16(10)17-18(30-21)19(25-9-24-17)23-8-12-3-6-14(15(22)7-12)20(29)26-13-4-5-13/h3,6-7,9,13H,4-5,8H2,1-2H3,(H,26,29)(H,23,24,25). The predicted molar refractivity (Wildman–Crippen MR) is 119 cm³/mol. The first-order valence-corrected chi connectivity index (χ1v) is 10.9. The molecule has 9 heteroatoms. The molecular formula is C21H19ClN6OS. The molecule has 3 heterocycles. The number of nitrogens with one attached hydrogen (secondary N) is 2. The lowest BCUT2D eigenvalue weighted by atomic mass is 10.1. The van der Waals surface area contributed by atoms with Crippen LogP contribution in [0.4, 0.5) is 5.82 Å². The van der Waals surface area contributed by atoms with Gasteiger partial charge in [0.05, 0.1) is 26.5 Å². The van der Waals surface area contributed by atoms with E-state index >= 15 is 0 Å². The minimum absolute atomic E-state index is 0.114. The van der Waals surface area contributed by atoms with Crippen molar-refractivity contribution in [1.29, 1.82) is 0 Å². The van der Waals surface area contributed by atoms with E-state index in [9.17, 15) is 4.79 Å². The highest BCUT2D eigenvalue weighted by Gasteiger charge is 2.24. The second-order valence-corrected chi connectivity index (χ2v) is 8.91. The Morgan fingerprint density at radius 2 is 2.07 bits per heavy atom. The van der Waals surface area contributed by atoms with Gasteiger partial charge in [0.15, 0.2) is 0 Å². The van der Waals surface area contributed by atoms with Crippen LogP contribution < -0.4 is 10.6 Å². The highest BCUT2D eigenvalue weighted by Crippen LogP contribution is 2.36. The monoisotopic (exact) mass is 438 g/mol. The van der Waals surface area contributed by atoms with E-state index in [0.717, 1.165) is 55.9 Å². The Hall–Kier alpha value is -2.84. The summed E-state index contributed by atoms with van der Waals surface area (Å²) < 4.78 is 0.946. The Kier molecular flexibility index (Phi) is 4.75. The molecule has 0 atom stereocenters. The van der Waals surface area contributed by atoms with Gasteiger partial charge in [-0.15, -0.1) is 16.4 Å². The van der Waals surface area contributed by atoms with Crippen LogP contribution in [0.3, 0.4) is 0 Å². The van der Waals surface area contributed by atoms with Gasteiger partial charge < -0.3 is 10.6 Å². The van der Waals surface area contributed by atoms with Crippen LogP contribution in [0.25, 0.3) is 20.4 Å². The zero-order valence-electron chi connectivity index (χ0n) is 16.5. The number of benzene rings is 1. The van der Waals surface area contributed by atoms with Gasteiger partial charge in [0.1, 0.15) is 17.0 Å². The van der Waals surface area contributed by atoms with Crippen molar-refractivity contribution in [2.75, 3.05) is 5.32 Å². The van der Waals surface area contributed by atoms with E-state index in [4.69, 9.17) is 11.6 Å². The topological polar surface area (TPSA) is 92.7 Å². The molecule has 0 unspecified atom stereocenters. The predicted octanol–water partition coefficient (Wildman–Crippen LogP) is 4.41. The van der Waals surface area contributed by atoms with Gasteiger partial charge in [-0.1, -0.05) is 17.7 Å². The fraction of sp³-hybridized carbons (Fsp3) is 0.286. The lowest BCUT2D eigenvalue weighted by molar-refractivity contribution is 0.0951. The smallest absolute Gasteiger partial charge is 0.253 e. The number of aromatic nitrogens is 4. The molecule has 0 aliphatic heterocycles. The van der Waals surface area contributed by atoms with Crippen LogP contribution in [-0.4, -0.2) is 32.1 Å². The Morgan fingerprint density at radius 3 is 2.83 bits per heavy atom. The molecule has 5 rings (SSSR count). The van der Waals surface area contributed by atoms with Gasteiger partial charge >= 0.3 is 0 Å². The number of nitrogens with zero attached hydrogens (tertiary/aromatic N) is 4. The van der Waals surface area contributed by atoms with Crippen LogP contribution in [0.15, 0.2) is 24.5 Å².